The molecule has 1 aromatic rings. The highest BCUT2D eigenvalue weighted by atomic mass is 16.5. The summed E-state index contributed by atoms with van der Waals surface area (Å²) < 4.78 is 5.93. The van der Waals surface area contributed by atoms with E-state index < -0.39 is 0 Å². The zero-order valence-corrected chi connectivity index (χ0v) is 12.8. The van der Waals surface area contributed by atoms with Crippen LogP contribution >= 0.6 is 0 Å². The Bertz CT molecular complexity index is 352. The molecule has 0 aromatic heterocycles. The van der Waals surface area contributed by atoms with E-state index in [9.17, 15) is 0 Å². The lowest BCUT2D eigenvalue weighted by molar-refractivity contribution is 0.257. The number of likely N-dealkylation sites (N-methyl/N-ethyl adjacent to an activating group) is 1. The molecule has 0 aliphatic rings. The summed E-state index contributed by atoms with van der Waals surface area (Å²) in [4.78, 5) is 2.13. The maximum atomic E-state index is 5.93. The highest BCUT2D eigenvalue weighted by Gasteiger charge is 2.13. The first-order valence-electron chi connectivity index (χ1n) is 7.28. The van der Waals surface area contributed by atoms with Crippen molar-refractivity contribution in [3.63, 3.8) is 0 Å². The molecule has 0 radical (unpaired) electrons. The summed E-state index contributed by atoms with van der Waals surface area (Å²) in [7, 11) is 4.12. The maximum absolute atomic E-state index is 5.93. The molecule has 1 aromatic carbocycles. The second kappa shape index (κ2) is 8.94. The molecule has 0 fully saturated rings. The maximum Gasteiger partial charge on any atom is 0.124 e. The van der Waals surface area contributed by atoms with Gasteiger partial charge in [-0.3, -0.25) is 0 Å². The molecule has 0 aliphatic heterocycles. The molecular formula is C16H28N2O. The van der Waals surface area contributed by atoms with E-state index in [0.29, 0.717) is 6.04 Å². The van der Waals surface area contributed by atoms with Gasteiger partial charge in [0.2, 0.25) is 0 Å². The zero-order chi connectivity index (χ0) is 14.1. The standard InChI is InChI=1S/C16H28N2O/c1-5-11-17-15(6-2)14-9-7-8-10-16(14)19-13-12-18(3)4/h7-10,15,17H,5-6,11-13H2,1-4H3. The topological polar surface area (TPSA) is 24.5 Å². The van der Waals surface area contributed by atoms with Gasteiger partial charge in [-0.2, -0.15) is 0 Å². The Balaban J connectivity index is 2.69. The largest absolute Gasteiger partial charge is 0.492 e. The van der Waals surface area contributed by atoms with Gasteiger partial charge >= 0.3 is 0 Å². The SMILES string of the molecule is CCCNC(CC)c1ccccc1OCCN(C)C. The second-order valence-corrected chi connectivity index (χ2v) is 5.10. The third-order valence-electron chi connectivity index (χ3n) is 3.14. The van der Waals surface area contributed by atoms with Crippen LogP contribution in [0.4, 0.5) is 0 Å². The Hall–Kier alpha value is -1.06. The van der Waals surface area contributed by atoms with Crippen molar-refractivity contribution in [2.24, 2.45) is 0 Å². The monoisotopic (exact) mass is 264 g/mol. The van der Waals surface area contributed by atoms with Crippen molar-refractivity contribution < 1.29 is 4.74 Å². The number of ether oxygens (including phenoxy) is 1. The lowest BCUT2D eigenvalue weighted by atomic mass is 10.0. The van der Waals surface area contributed by atoms with Crippen molar-refractivity contribution in [3.8, 4) is 5.75 Å². The van der Waals surface area contributed by atoms with Crippen LogP contribution in [0.3, 0.4) is 0 Å². The van der Waals surface area contributed by atoms with Crippen molar-refractivity contribution in [1.82, 2.24) is 10.2 Å². The minimum absolute atomic E-state index is 0.385. The summed E-state index contributed by atoms with van der Waals surface area (Å²) in [6, 6.07) is 8.75. The Kier molecular flexibility index (Phi) is 7.53. The molecule has 1 unspecified atom stereocenters. The summed E-state index contributed by atoms with van der Waals surface area (Å²) in [5, 5.41) is 3.58. The molecule has 3 heteroatoms. The van der Waals surface area contributed by atoms with Crippen LogP contribution in [-0.2, 0) is 0 Å². The van der Waals surface area contributed by atoms with E-state index in [0.717, 1.165) is 38.3 Å². The average molecular weight is 264 g/mol. The van der Waals surface area contributed by atoms with Crippen LogP contribution in [0, 0.1) is 0 Å². The number of nitrogens with one attached hydrogen (secondary N) is 1. The van der Waals surface area contributed by atoms with Gasteiger partial charge in [-0.1, -0.05) is 32.0 Å². The van der Waals surface area contributed by atoms with E-state index in [1.54, 1.807) is 0 Å². The van der Waals surface area contributed by atoms with Gasteiger partial charge in [0.15, 0.2) is 0 Å². The first kappa shape index (κ1) is 16.0. The first-order valence-corrected chi connectivity index (χ1v) is 7.28. The van der Waals surface area contributed by atoms with Gasteiger partial charge in [-0.15, -0.1) is 0 Å². The van der Waals surface area contributed by atoms with Crippen molar-refractivity contribution >= 4 is 0 Å². The summed E-state index contributed by atoms with van der Waals surface area (Å²) in [6.45, 7) is 7.12. The molecule has 3 nitrogen and oxygen atoms in total. The molecule has 1 N–H and O–H groups in total. The molecule has 1 rings (SSSR count). The van der Waals surface area contributed by atoms with Gasteiger partial charge in [-0.05, 0) is 39.5 Å². The first-order chi connectivity index (χ1) is 9.19. The van der Waals surface area contributed by atoms with E-state index in [2.05, 4.69) is 56.4 Å². The highest BCUT2D eigenvalue weighted by molar-refractivity contribution is 5.35. The quantitative estimate of drug-likeness (QED) is 0.742. The van der Waals surface area contributed by atoms with Gasteiger partial charge in [-0.25, -0.2) is 0 Å². The number of nitrogens with zero attached hydrogens (tertiary/aromatic N) is 1. The van der Waals surface area contributed by atoms with Crippen molar-refractivity contribution in [1.29, 1.82) is 0 Å². The molecule has 0 amide bonds. The molecule has 1 atom stereocenters. The summed E-state index contributed by atoms with van der Waals surface area (Å²) >= 11 is 0. The number of hydrogen-bond acceptors (Lipinski definition) is 3. The van der Waals surface area contributed by atoms with Gasteiger partial charge in [0.1, 0.15) is 12.4 Å². The molecule has 0 bridgehead atoms. The Labute approximate surface area is 118 Å². The lowest BCUT2D eigenvalue weighted by Gasteiger charge is -2.21. The van der Waals surface area contributed by atoms with E-state index in [1.807, 2.05) is 6.07 Å². The van der Waals surface area contributed by atoms with Gasteiger partial charge in [0.25, 0.3) is 0 Å². The van der Waals surface area contributed by atoms with Crippen molar-refractivity contribution in [3.05, 3.63) is 29.8 Å². The third-order valence-corrected chi connectivity index (χ3v) is 3.14. The van der Waals surface area contributed by atoms with Gasteiger partial charge in [0.05, 0.1) is 0 Å². The molecule has 108 valence electrons. The fourth-order valence-electron chi connectivity index (χ4n) is 2.03. The molecular weight excluding hydrogens is 236 g/mol. The summed E-state index contributed by atoms with van der Waals surface area (Å²) in [5.41, 5.74) is 1.28. The lowest BCUT2D eigenvalue weighted by Crippen LogP contribution is -2.23. The van der Waals surface area contributed by atoms with Crippen molar-refractivity contribution in [2.45, 2.75) is 32.7 Å². The highest BCUT2D eigenvalue weighted by Crippen LogP contribution is 2.27. The van der Waals surface area contributed by atoms with Crippen LogP contribution in [0.15, 0.2) is 24.3 Å². The molecule has 0 saturated heterocycles. The molecule has 0 aliphatic carbocycles. The fourth-order valence-corrected chi connectivity index (χ4v) is 2.03. The van der Waals surface area contributed by atoms with Gasteiger partial charge < -0.3 is 15.0 Å². The van der Waals surface area contributed by atoms with Crippen LogP contribution in [0.5, 0.6) is 5.75 Å². The number of para-hydroxylation sites is 1. The Morgan fingerprint density at radius 2 is 1.95 bits per heavy atom. The van der Waals surface area contributed by atoms with E-state index in [-0.39, 0.29) is 0 Å². The van der Waals surface area contributed by atoms with Crippen LogP contribution in [0.1, 0.15) is 38.3 Å². The zero-order valence-electron chi connectivity index (χ0n) is 12.8. The van der Waals surface area contributed by atoms with E-state index >= 15 is 0 Å². The van der Waals surface area contributed by atoms with Crippen LogP contribution in [-0.4, -0.2) is 38.7 Å². The van der Waals surface area contributed by atoms with Crippen LogP contribution in [0.25, 0.3) is 0 Å². The number of hydrogen-bond donors (Lipinski definition) is 1. The van der Waals surface area contributed by atoms with E-state index in [4.69, 9.17) is 4.74 Å². The Morgan fingerprint density at radius 1 is 1.21 bits per heavy atom. The second-order valence-electron chi connectivity index (χ2n) is 5.10. The Morgan fingerprint density at radius 3 is 2.58 bits per heavy atom. The smallest absolute Gasteiger partial charge is 0.124 e. The van der Waals surface area contributed by atoms with Crippen molar-refractivity contribution in [2.75, 3.05) is 33.8 Å². The van der Waals surface area contributed by atoms with Crippen LogP contribution < -0.4 is 10.1 Å². The number of rotatable bonds is 9. The summed E-state index contributed by atoms with van der Waals surface area (Å²) in [6.07, 6.45) is 2.23. The van der Waals surface area contributed by atoms with Gasteiger partial charge in [0, 0.05) is 18.2 Å². The minimum Gasteiger partial charge on any atom is -0.492 e. The predicted octanol–water partition coefficient (Wildman–Crippen LogP) is 3.08. The molecule has 0 spiro atoms. The molecule has 19 heavy (non-hydrogen) atoms. The molecule has 0 saturated carbocycles. The van der Waals surface area contributed by atoms with E-state index in [1.165, 1.54) is 5.56 Å². The average Bonchev–Trinajstić information content (AvgIpc) is 2.40. The fraction of sp³-hybridized carbons (Fsp3) is 0.625. The normalized spacial score (nSPS) is 12.7. The number of benzene rings is 1. The van der Waals surface area contributed by atoms with Crippen LogP contribution in [0.2, 0.25) is 0 Å². The summed E-state index contributed by atoms with van der Waals surface area (Å²) in [5.74, 6) is 1.01. The predicted molar refractivity (Wildman–Crippen MR) is 81.8 cm³/mol. The molecule has 0 heterocycles. The minimum atomic E-state index is 0.385. The third kappa shape index (κ3) is 5.62.